The van der Waals surface area contributed by atoms with E-state index in [4.69, 9.17) is 5.73 Å². The van der Waals surface area contributed by atoms with E-state index in [9.17, 15) is 0 Å². The average molecular weight is 279 g/mol. The quantitative estimate of drug-likeness (QED) is 0.749. The van der Waals surface area contributed by atoms with Gasteiger partial charge >= 0.3 is 0 Å². The Kier molecular flexibility index (Phi) is 3.52. The smallest absolute Gasteiger partial charge is 0.0358 e. The standard InChI is InChI=1S/C20H25N/c1-5-6-7-15-11-16(9-8-12(15)2)18-13(3)10-17(21)19-14(4)20(18)19/h8-11,14H,5-7,21H2,1-4H3. The van der Waals surface area contributed by atoms with Gasteiger partial charge in [-0.3, -0.25) is 0 Å². The lowest BCUT2D eigenvalue weighted by Crippen LogP contribution is -1.93. The van der Waals surface area contributed by atoms with Crippen molar-refractivity contribution in [3.05, 3.63) is 52.1 Å². The number of hydrogen-bond acceptors (Lipinski definition) is 1. The fourth-order valence-corrected chi connectivity index (χ4v) is 3.53. The molecule has 0 radical (unpaired) electrons. The van der Waals surface area contributed by atoms with Crippen LogP contribution >= 0.6 is 0 Å². The highest BCUT2D eigenvalue weighted by Crippen LogP contribution is 2.53. The number of benzene rings is 2. The first-order valence-electron chi connectivity index (χ1n) is 8.07. The molecule has 0 heterocycles. The second-order valence-electron chi connectivity index (χ2n) is 6.45. The summed E-state index contributed by atoms with van der Waals surface area (Å²) in [5, 5.41) is 0. The van der Waals surface area contributed by atoms with Crippen LogP contribution in [0.3, 0.4) is 0 Å². The molecule has 0 bridgehead atoms. The zero-order valence-electron chi connectivity index (χ0n) is 13.6. The molecule has 1 heteroatoms. The molecule has 0 amide bonds. The Balaban J connectivity index is 2.07. The maximum absolute atomic E-state index is 6.13. The van der Waals surface area contributed by atoms with Crippen LogP contribution in [0.15, 0.2) is 24.3 Å². The Labute approximate surface area is 128 Å². The van der Waals surface area contributed by atoms with Crippen LogP contribution < -0.4 is 5.73 Å². The van der Waals surface area contributed by atoms with Gasteiger partial charge in [-0.25, -0.2) is 0 Å². The molecule has 2 aromatic rings. The molecule has 0 fully saturated rings. The zero-order valence-corrected chi connectivity index (χ0v) is 13.6. The molecule has 2 N–H and O–H groups in total. The summed E-state index contributed by atoms with van der Waals surface area (Å²) >= 11 is 0. The molecule has 0 saturated carbocycles. The van der Waals surface area contributed by atoms with Crippen molar-refractivity contribution in [1.82, 2.24) is 0 Å². The Morgan fingerprint density at radius 2 is 1.81 bits per heavy atom. The van der Waals surface area contributed by atoms with E-state index >= 15 is 0 Å². The molecule has 0 spiro atoms. The van der Waals surface area contributed by atoms with Crippen LogP contribution in [-0.2, 0) is 6.42 Å². The summed E-state index contributed by atoms with van der Waals surface area (Å²) in [6.07, 6.45) is 3.69. The van der Waals surface area contributed by atoms with E-state index in [-0.39, 0.29) is 0 Å². The van der Waals surface area contributed by atoms with Gasteiger partial charge in [0.05, 0.1) is 0 Å². The molecular weight excluding hydrogens is 254 g/mol. The predicted octanol–water partition coefficient (Wildman–Crippen LogP) is 5.36. The Bertz CT molecular complexity index is 697. The highest BCUT2D eigenvalue weighted by atomic mass is 14.6. The van der Waals surface area contributed by atoms with Gasteiger partial charge in [-0.05, 0) is 71.7 Å². The number of nitrogen functional groups attached to an aromatic ring is 1. The number of aryl methyl sites for hydroxylation is 3. The SMILES string of the molecule is CCCCc1cc(-c2c(C)cc(N)c3c2C3C)ccc1C. The second-order valence-corrected chi connectivity index (χ2v) is 6.45. The lowest BCUT2D eigenvalue weighted by atomic mass is 9.94. The third-order valence-electron chi connectivity index (χ3n) is 4.86. The molecule has 1 aliphatic carbocycles. The van der Waals surface area contributed by atoms with E-state index in [2.05, 4.69) is 52.0 Å². The van der Waals surface area contributed by atoms with Crippen molar-refractivity contribution in [2.24, 2.45) is 0 Å². The molecule has 21 heavy (non-hydrogen) atoms. The van der Waals surface area contributed by atoms with Gasteiger partial charge in [-0.15, -0.1) is 0 Å². The number of anilines is 1. The molecule has 0 saturated heterocycles. The van der Waals surface area contributed by atoms with Crippen molar-refractivity contribution >= 4 is 5.69 Å². The number of unbranched alkanes of at least 4 members (excludes halogenated alkanes) is 1. The number of hydrogen-bond donors (Lipinski definition) is 1. The summed E-state index contributed by atoms with van der Waals surface area (Å²) < 4.78 is 0. The van der Waals surface area contributed by atoms with Crippen molar-refractivity contribution < 1.29 is 0 Å². The molecule has 3 rings (SSSR count). The Hall–Kier alpha value is -1.76. The van der Waals surface area contributed by atoms with E-state index in [1.807, 2.05) is 0 Å². The molecule has 110 valence electrons. The minimum absolute atomic E-state index is 0.536. The van der Waals surface area contributed by atoms with Crippen LogP contribution in [0.25, 0.3) is 11.1 Å². The lowest BCUT2D eigenvalue weighted by molar-refractivity contribution is 0.791. The van der Waals surface area contributed by atoms with Crippen LogP contribution in [0.4, 0.5) is 5.69 Å². The summed E-state index contributed by atoms with van der Waals surface area (Å²) in [7, 11) is 0. The minimum Gasteiger partial charge on any atom is -0.398 e. The van der Waals surface area contributed by atoms with Crippen LogP contribution in [0.5, 0.6) is 0 Å². The average Bonchev–Trinajstić information content (AvgIpc) is 3.11. The van der Waals surface area contributed by atoms with Crippen molar-refractivity contribution in [1.29, 1.82) is 0 Å². The van der Waals surface area contributed by atoms with Crippen LogP contribution in [0.1, 0.15) is 60.4 Å². The highest BCUT2D eigenvalue weighted by molar-refractivity contribution is 5.85. The van der Waals surface area contributed by atoms with Crippen LogP contribution in [0, 0.1) is 13.8 Å². The third kappa shape index (κ3) is 2.35. The van der Waals surface area contributed by atoms with Crippen molar-refractivity contribution in [2.75, 3.05) is 5.73 Å². The van der Waals surface area contributed by atoms with Gasteiger partial charge in [0.15, 0.2) is 0 Å². The van der Waals surface area contributed by atoms with Crippen molar-refractivity contribution in [2.45, 2.75) is 52.9 Å². The zero-order chi connectivity index (χ0) is 15.1. The van der Waals surface area contributed by atoms with Gasteiger partial charge < -0.3 is 5.73 Å². The van der Waals surface area contributed by atoms with E-state index in [1.165, 1.54) is 58.2 Å². The molecule has 2 aromatic carbocycles. The second kappa shape index (κ2) is 5.22. The summed E-state index contributed by atoms with van der Waals surface area (Å²) in [5.74, 6) is 0.536. The van der Waals surface area contributed by atoms with E-state index < -0.39 is 0 Å². The molecular formula is C20H25N. The van der Waals surface area contributed by atoms with Crippen molar-refractivity contribution in [3.8, 4) is 11.1 Å². The van der Waals surface area contributed by atoms with E-state index in [0.717, 1.165) is 5.69 Å². The van der Waals surface area contributed by atoms with E-state index in [1.54, 1.807) is 0 Å². The van der Waals surface area contributed by atoms with Gasteiger partial charge in [0.1, 0.15) is 0 Å². The molecule has 1 atom stereocenters. The topological polar surface area (TPSA) is 26.0 Å². The first-order valence-corrected chi connectivity index (χ1v) is 8.07. The summed E-state index contributed by atoms with van der Waals surface area (Å²) in [4.78, 5) is 0. The van der Waals surface area contributed by atoms with Gasteiger partial charge in [0.2, 0.25) is 0 Å². The first kappa shape index (κ1) is 14.2. The molecule has 0 aliphatic heterocycles. The fraction of sp³-hybridized carbons (Fsp3) is 0.400. The maximum Gasteiger partial charge on any atom is 0.0358 e. The molecule has 1 aliphatic rings. The molecule has 1 nitrogen and oxygen atoms in total. The normalized spacial score (nSPS) is 15.9. The molecule has 1 unspecified atom stereocenters. The van der Waals surface area contributed by atoms with Gasteiger partial charge in [-0.2, -0.15) is 0 Å². The van der Waals surface area contributed by atoms with Crippen LogP contribution in [-0.4, -0.2) is 0 Å². The Morgan fingerprint density at radius 1 is 1.05 bits per heavy atom. The van der Waals surface area contributed by atoms with Gasteiger partial charge in [0.25, 0.3) is 0 Å². The minimum atomic E-state index is 0.536. The monoisotopic (exact) mass is 279 g/mol. The summed E-state index contributed by atoms with van der Waals surface area (Å²) in [6, 6.07) is 9.09. The summed E-state index contributed by atoms with van der Waals surface area (Å²) in [6.45, 7) is 8.92. The largest absolute Gasteiger partial charge is 0.398 e. The summed E-state index contributed by atoms with van der Waals surface area (Å²) in [5.41, 5.74) is 16.9. The number of fused-ring (bicyclic) bond motifs is 1. The van der Waals surface area contributed by atoms with E-state index in [0.29, 0.717) is 5.92 Å². The predicted molar refractivity (Wildman–Crippen MR) is 91.9 cm³/mol. The lowest BCUT2D eigenvalue weighted by Gasteiger charge is -2.11. The highest BCUT2D eigenvalue weighted by Gasteiger charge is 2.35. The molecule has 0 aromatic heterocycles. The first-order chi connectivity index (χ1) is 10.0. The number of nitrogens with two attached hydrogens (primary N) is 1. The Morgan fingerprint density at radius 3 is 2.52 bits per heavy atom. The van der Waals surface area contributed by atoms with Crippen molar-refractivity contribution in [3.63, 3.8) is 0 Å². The fourth-order valence-electron chi connectivity index (χ4n) is 3.53. The van der Waals surface area contributed by atoms with Gasteiger partial charge in [-0.1, -0.05) is 38.5 Å². The van der Waals surface area contributed by atoms with Gasteiger partial charge in [0, 0.05) is 11.6 Å². The maximum atomic E-state index is 6.13. The third-order valence-corrected chi connectivity index (χ3v) is 4.86. The van der Waals surface area contributed by atoms with Crippen LogP contribution in [0.2, 0.25) is 0 Å². The number of rotatable bonds is 4.